The average Bonchev–Trinajstić information content (AvgIpc) is 3.26. The van der Waals surface area contributed by atoms with E-state index in [0.717, 1.165) is 16.8 Å². The van der Waals surface area contributed by atoms with Crippen molar-refractivity contribution in [3.8, 4) is 22.8 Å². The molecule has 1 atom stereocenters. The maximum Gasteiger partial charge on any atom is 0.240 e. The summed E-state index contributed by atoms with van der Waals surface area (Å²) in [6.45, 7) is 0. The van der Waals surface area contributed by atoms with Gasteiger partial charge in [-0.15, -0.1) is 10.2 Å². The molecule has 1 amide bonds. The highest BCUT2D eigenvalue weighted by Crippen LogP contribution is 2.39. The Hall–Kier alpha value is -3.29. The van der Waals surface area contributed by atoms with Crippen molar-refractivity contribution in [2.45, 2.75) is 10.4 Å². The number of thioether (sulfide) groups is 1. The second kappa shape index (κ2) is 10.1. The Morgan fingerprint density at radius 1 is 0.970 bits per heavy atom. The van der Waals surface area contributed by atoms with Gasteiger partial charge in [0.25, 0.3) is 0 Å². The van der Waals surface area contributed by atoms with E-state index in [1.54, 1.807) is 26.1 Å². The molecule has 0 bridgehead atoms. The lowest BCUT2D eigenvalue weighted by atomic mass is 10.1. The van der Waals surface area contributed by atoms with E-state index >= 15 is 0 Å². The minimum absolute atomic E-state index is 0.0318. The minimum atomic E-state index is -0.484. The molecular weight excluding hydrogens is 456 g/mol. The number of rotatable bonds is 7. The molecule has 8 heteroatoms. The fourth-order valence-electron chi connectivity index (χ4n) is 3.40. The number of likely N-dealkylation sites (N-methyl/N-ethyl adjacent to an activating group) is 1. The van der Waals surface area contributed by atoms with Crippen LogP contribution in [0.25, 0.3) is 17.1 Å². The number of aromatic nitrogens is 3. The summed E-state index contributed by atoms with van der Waals surface area (Å²) in [7, 11) is 5.13. The number of methoxy groups -OCH3 is 1. The fraction of sp³-hybridized carbons (Fsp3) is 0.160. The van der Waals surface area contributed by atoms with Crippen LogP contribution in [0.15, 0.2) is 84.0 Å². The standard InChI is InChI=1S/C25H23ClN4O2S/c1-29(2)24(31)22(17-9-5-4-6-10-17)33-25-28-27-23(20-11-7-8-12-21(20)32-3)30(25)19-15-13-18(26)14-16-19/h4-16,22H,1-3H3/t22-/m0/s1. The summed E-state index contributed by atoms with van der Waals surface area (Å²) < 4.78 is 7.50. The van der Waals surface area contributed by atoms with E-state index in [-0.39, 0.29) is 5.91 Å². The van der Waals surface area contributed by atoms with Crippen molar-refractivity contribution in [3.05, 3.63) is 89.4 Å². The first-order valence-corrected chi connectivity index (χ1v) is 11.5. The van der Waals surface area contributed by atoms with Crippen LogP contribution in [0.3, 0.4) is 0 Å². The van der Waals surface area contributed by atoms with Crippen LogP contribution in [-0.4, -0.2) is 46.8 Å². The van der Waals surface area contributed by atoms with Crippen molar-refractivity contribution < 1.29 is 9.53 Å². The van der Waals surface area contributed by atoms with Gasteiger partial charge in [-0.3, -0.25) is 9.36 Å². The Bertz CT molecular complexity index is 1240. The number of hydrogen-bond donors (Lipinski definition) is 0. The second-order valence-corrected chi connectivity index (χ2v) is 8.97. The number of hydrogen-bond acceptors (Lipinski definition) is 5. The number of nitrogens with zero attached hydrogens (tertiary/aromatic N) is 4. The maximum absolute atomic E-state index is 13.1. The molecule has 4 aromatic rings. The van der Waals surface area contributed by atoms with E-state index in [0.29, 0.717) is 21.8 Å². The highest BCUT2D eigenvalue weighted by molar-refractivity contribution is 8.00. The molecule has 0 radical (unpaired) electrons. The summed E-state index contributed by atoms with van der Waals surface area (Å²) in [6.07, 6.45) is 0. The van der Waals surface area contributed by atoms with E-state index in [1.165, 1.54) is 11.8 Å². The molecule has 3 aromatic carbocycles. The molecular formula is C25H23ClN4O2S. The first-order valence-electron chi connectivity index (χ1n) is 10.3. The predicted octanol–water partition coefficient (Wildman–Crippen LogP) is 5.52. The molecule has 0 aliphatic carbocycles. The zero-order chi connectivity index (χ0) is 23.4. The Kier molecular flexibility index (Phi) is 7.01. The number of ether oxygens (including phenoxy) is 1. The third-order valence-corrected chi connectivity index (χ3v) is 6.49. The van der Waals surface area contributed by atoms with Gasteiger partial charge in [0.1, 0.15) is 11.0 Å². The predicted molar refractivity (Wildman–Crippen MR) is 132 cm³/mol. The van der Waals surface area contributed by atoms with Gasteiger partial charge in [-0.1, -0.05) is 65.8 Å². The zero-order valence-electron chi connectivity index (χ0n) is 18.5. The molecule has 0 fully saturated rings. The van der Waals surface area contributed by atoms with Crippen molar-refractivity contribution in [3.63, 3.8) is 0 Å². The molecule has 0 aliphatic heterocycles. The van der Waals surface area contributed by atoms with Crippen LogP contribution in [0.5, 0.6) is 5.75 Å². The Morgan fingerprint density at radius 3 is 2.30 bits per heavy atom. The Balaban J connectivity index is 1.87. The molecule has 168 valence electrons. The maximum atomic E-state index is 13.1. The number of carbonyl (C=O) groups excluding carboxylic acids is 1. The lowest BCUT2D eigenvalue weighted by molar-refractivity contribution is -0.128. The summed E-state index contributed by atoms with van der Waals surface area (Å²) in [6, 6.07) is 24.8. The van der Waals surface area contributed by atoms with Crippen LogP contribution >= 0.6 is 23.4 Å². The Labute approximate surface area is 202 Å². The van der Waals surface area contributed by atoms with E-state index in [1.807, 2.05) is 83.4 Å². The molecule has 0 saturated carbocycles. The number of halogens is 1. The van der Waals surface area contributed by atoms with Gasteiger partial charge in [0, 0.05) is 24.8 Å². The second-order valence-electron chi connectivity index (χ2n) is 7.46. The van der Waals surface area contributed by atoms with Crippen molar-refractivity contribution in [2.75, 3.05) is 21.2 Å². The third-order valence-electron chi connectivity index (χ3n) is 5.06. The highest BCUT2D eigenvalue weighted by atomic mass is 35.5. The molecule has 1 heterocycles. The quantitative estimate of drug-likeness (QED) is 0.327. The van der Waals surface area contributed by atoms with Crippen molar-refractivity contribution in [1.82, 2.24) is 19.7 Å². The van der Waals surface area contributed by atoms with Crippen LogP contribution in [-0.2, 0) is 4.79 Å². The first kappa shape index (κ1) is 22.9. The van der Waals surface area contributed by atoms with E-state index in [4.69, 9.17) is 16.3 Å². The van der Waals surface area contributed by atoms with Gasteiger partial charge in [0.05, 0.1) is 12.7 Å². The van der Waals surface area contributed by atoms with Crippen LogP contribution in [0.1, 0.15) is 10.8 Å². The monoisotopic (exact) mass is 478 g/mol. The molecule has 0 aliphatic rings. The fourth-order valence-corrected chi connectivity index (χ4v) is 4.73. The van der Waals surface area contributed by atoms with E-state index in [2.05, 4.69) is 10.2 Å². The van der Waals surface area contributed by atoms with Gasteiger partial charge in [-0.25, -0.2) is 0 Å². The van der Waals surface area contributed by atoms with Gasteiger partial charge in [0.2, 0.25) is 5.91 Å². The summed E-state index contributed by atoms with van der Waals surface area (Å²) >= 11 is 7.50. The number of amides is 1. The lowest BCUT2D eigenvalue weighted by Gasteiger charge is -2.21. The topological polar surface area (TPSA) is 60.3 Å². The number of carbonyl (C=O) groups is 1. The molecule has 33 heavy (non-hydrogen) atoms. The van der Waals surface area contributed by atoms with Crippen LogP contribution in [0.2, 0.25) is 5.02 Å². The molecule has 6 nitrogen and oxygen atoms in total. The van der Waals surface area contributed by atoms with Gasteiger partial charge in [-0.05, 0) is 42.0 Å². The molecule has 4 rings (SSSR count). The van der Waals surface area contributed by atoms with Gasteiger partial charge < -0.3 is 9.64 Å². The molecule has 1 aromatic heterocycles. The van der Waals surface area contributed by atoms with Crippen LogP contribution in [0, 0.1) is 0 Å². The lowest BCUT2D eigenvalue weighted by Crippen LogP contribution is -2.27. The van der Waals surface area contributed by atoms with E-state index < -0.39 is 5.25 Å². The van der Waals surface area contributed by atoms with Crippen molar-refractivity contribution in [2.24, 2.45) is 0 Å². The third kappa shape index (κ3) is 4.89. The average molecular weight is 479 g/mol. The largest absolute Gasteiger partial charge is 0.496 e. The summed E-state index contributed by atoms with van der Waals surface area (Å²) in [5.74, 6) is 1.26. The minimum Gasteiger partial charge on any atom is -0.496 e. The van der Waals surface area contributed by atoms with E-state index in [9.17, 15) is 4.79 Å². The van der Waals surface area contributed by atoms with Gasteiger partial charge in [0.15, 0.2) is 11.0 Å². The van der Waals surface area contributed by atoms with Crippen LogP contribution in [0.4, 0.5) is 0 Å². The summed E-state index contributed by atoms with van der Waals surface area (Å²) in [4.78, 5) is 14.7. The molecule has 0 spiro atoms. The number of para-hydroxylation sites is 1. The number of benzene rings is 3. The first-order chi connectivity index (χ1) is 16.0. The SMILES string of the molecule is COc1ccccc1-c1nnc(S[C@H](C(=O)N(C)C)c2ccccc2)n1-c1ccc(Cl)cc1. The van der Waals surface area contributed by atoms with Crippen molar-refractivity contribution in [1.29, 1.82) is 0 Å². The van der Waals surface area contributed by atoms with Crippen molar-refractivity contribution >= 4 is 29.3 Å². The molecule has 0 saturated heterocycles. The van der Waals surface area contributed by atoms with Gasteiger partial charge in [-0.2, -0.15) is 0 Å². The summed E-state index contributed by atoms with van der Waals surface area (Å²) in [5, 5.41) is 9.72. The normalized spacial score (nSPS) is 11.8. The van der Waals surface area contributed by atoms with Crippen LogP contribution < -0.4 is 4.74 Å². The summed E-state index contributed by atoms with van der Waals surface area (Å²) in [5.41, 5.74) is 2.52. The molecule has 0 unspecified atom stereocenters. The molecule has 0 N–H and O–H groups in total. The Morgan fingerprint density at radius 2 is 1.64 bits per heavy atom. The van der Waals surface area contributed by atoms with Gasteiger partial charge >= 0.3 is 0 Å². The smallest absolute Gasteiger partial charge is 0.240 e. The highest BCUT2D eigenvalue weighted by Gasteiger charge is 2.28. The zero-order valence-corrected chi connectivity index (χ0v) is 20.0.